The van der Waals surface area contributed by atoms with E-state index >= 15 is 0 Å². The van der Waals surface area contributed by atoms with E-state index in [1.807, 2.05) is 0 Å². The van der Waals surface area contributed by atoms with Crippen molar-refractivity contribution in [3.8, 4) is 5.75 Å². The number of amides is 1. The lowest BCUT2D eigenvalue weighted by atomic mass is 10.2. The number of rotatable bonds is 7. The molecule has 0 fully saturated rings. The van der Waals surface area contributed by atoms with Crippen molar-refractivity contribution in [2.45, 2.75) is 9.46 Å². The summed E-state index contributed by atoms with van der Waals surface area (Å²) in [6.45, 7) is -0.120. The number of thiophene rings is 1. The molecule has 3 aromatic rings. The van der Waals surface area contributed by atoms with Crippen molar-refractivity contribution < 1.29 is 22.4 Å². The molecule has 0 spiro atoms. The van der Waals surface area contributed by atoms with Crippen molar-refractivity contribution in [2.75, 3.05) is 13.7 Å². The second-order valence-electron chi connectivity index (χ2n) is 5.39. The molecule has 1 atom stereocenters. The molecule has 0 saturated heterocycles. The number of hydrogen-bond acceptors (Lipinski definition) is 6. The van der Waals surface area contributed by atoms with Gasteiger partial charge in [-0.2, -0.15) is 0 Å². The van der Waals surface area contributed by atoms with Gasteiger partial charge in [-0.15, -0.1) is 11.3 Å². The SMILES string of the molecule is COc1ccccc1C(=O)NCC(c1ccco1)S(=O)(=O)c1cccs1. The summed E-state index contributed by atoms with van der Waals surface area (Å²) in [4.78, 5) is 12.5. The number of methoxy groups -OCH3 is 1. The van der Waals surface area contributed by atoms with Crippen LogP contribution in [0.1, 0.15) is 21.4 Å². The fraction of sp³-hybridized carbons (Fsp3) is 0.167. The number of sulfone groups is 1. The summed E-state index contributed by atoms with van der Waals surface area (Å²) >= 11 is 1.13. The maximum absolute atomic E-state index is 12.9. The molecular formula is C18H17NO5S2. The van der Waals surface area contributed by atoms with Gasteiger partial charge in [0.25, 0.3) is 5.91 Å². The molecule has 1 amide bonds. The van der Waals surface area contributed by atoms with E-state index in [0.29, 0.717) is 11.3 Å². The van der Waals surface area contributed by atoms with E-state index in [1.165, 1.54) is 19.4 Å². The highest BCUT2D eigenvalue weighted by atomic mass is 32.2. The number of para-hydroxylation sites is 1. The Morgan fingerprint density at radius 1 is 1.19 bits per heavy atom. The van der Waals surface area contributed by atoms with Gasteiger partial charge in [0.15, 0.2) is 9.84 Å². The molecule has 1 aromatic carbocycles. The van der Waals surface area contributed by atoms with E-state index in [1.54, 1.807) is 47.8 Å². The Bertz CT molecular complexity index is 963. The number of carbonyl (C=O) groups excluding carboxylic acids is 1. The quantitative estimate of drug-likeness (QED) is 0.668. The molecule has 0 aliphatic carbocycles. The minimum Gasteiger partial charge on any atom is -0.496 e. The summed E-state index contributed by atoms with van der Waals surface area (Å²) in [7, 11) is -2.22. The molecule has 0 radical (unpaired) electrons. The van der Waals surface area contributed by atoms with E-state index < -0.39 is 21.0 Å². The van der Waals surface area contributed by atoms with Crippen LogP contribution in [0.15, 0.2) is 68.8 Å². The van der Waals surface area contributed by atoms with Crippen molar-refractivity contribution in [1.29, 1.82) is 0 Å². The van der Waals surface area contributed by atoms with Crippen LogP contribution in [0.5, 0.6) is 5.75 Å². The van der Waals surface area contributed by atoms with Gasteiger partial charge in [0, 0.05) is 6.54 Å². The number of benzene rings is 1. The average Bonchev–Trinajstić information content (AvgIpc) is 3.35. The number of hydrogen-bond donors (Lipinski definition) is 1. The third kappa shape index (κ3) is 3.66. The second kappa shape index (κ2) is 7.76. The Labute approximate surface area is 155 Å². The van der Waals surface area contributed by atoms with Crippen LogP contribution in [-0.2, 0) is 9.84 Å². The molecule has 8 heteroatoms. The maximum atomic E-state index is 12.9. The fourth-order valence-corrected chi connectivity index (χ4v) is 5.31. The first kappa shape index (κ1) is 18.2. The Morgan fingerprint density at radius 3 is 2.65 bits per heavy atom. The predicted molar refractivity (Wildman–Crippen MR) is 98.3 cm³/mol. The van der Waals surface area contributed by atoms with Gasteiger partial charge in [0.2, 0.25) is 0 Å². The molecule has 1 unspecified atom stereocenters. The molecule has 0 saturated carbocycles. The van der Waals surface area contributed by atoms with E-state index in [0.717, 1.165) is 11.3 Å². The van der Waals surface area contributed by atoms with Gasteiger partial charge in [0.1, 0.15) is 21.0 Å². The molecule has 2 heterocycles. The standard InChI is InChI=1S/C18H17NO5S2/c1-23-14-7-3-2-6-13(14)18(20)19-12-16(15-8-4-10-24-15)26(21,22)17-9-5-11-25-17/h2-11,16H,12H2,1H3,(H,19,20). The summed E-state index contributed by atoms with van der Waals surface area (Å²) in [5.41, 5.74) is 0.335. The molecule has 1 N–H and O–H groups in total. The first-order valence-corrected chi connectivity index (χ1v) is 10.2. The Morgan fingerprint density at radius 2 is 2.00 bits per heavy atom. The van der Waals surface area contributed by atoms with Crippen LogP contribution >= 0.6 is 11.3 Å². The van der Waals surface area contributed by atoms with Crippen molar-refractivity contribution in [3.05, 3.63) is 71.5 Å². The molecule has 26 heavy (non-hydrogen) atoms. The molecular weight excluding hydrogens is 374 g/mol. The number of furan rings is 1. The van der Waals surface area contributed by atoms with Gasteiger partial charge < -0.3 is 14.5 Å². The van der Waals surface area contributed by atoms with Crippen LogP contribution in [0.4, 0.5) is 0 Å². The monoisotopic (exact) mass is 391 g/mol. The zero-order valence-corrected chi connectivity index (χ0v) is 15.5. The van der Waals surface area contributed by atoms with Crippen LogP contribution in [0, 0.1) is 0 Å². The lowest BCUT2D eigenvalue weighted by Gasteiger charge is -2.16. The number of ether oxygens (including phenoxy) is 1. The third-order valence-corrected chi connectivity index (χ3v) is 7.30. The van der Waals surface area contributed by atoms with E-state index in [9.17, 15) is 13.2 Å². The van der Waals surface area contributed by atoms with Gasteiger partial charge >= 0.3 is 0 Å². The van der Waals surface area contributed by atoms with Gasteiger partial charge in [-0.05, 0) is 35.7 Å². The first-order chi connectivity index (χ1) is 12.5. The van der Waals surface area contributed by atoms with E-state index in [-0.39, 0.29) is 16.5 Å². The van der Waals surface area contributed by atoms with E-state index in [4.69, 9.17) is 9.15 Å². The minimum absolute atomic E-state index is 0.120. The largest absolute Gasteiger partial charge is 0.496 e. The van der Waals surface area contributed by atoms with Crippen molar-refractivity contribution in [3.63, 3.8) is 0 Å². The minimum atomic E-state index is -3.70. The molecule has 0 bridgehead atoms. The lowest BCUT2D eigenvalue weighted by Crippen LogP contribution is -2.31. The van der Waals surface area contributed by atoms with Crippen LogP contribution in [-0.4, -0.2) is 28.0 Å². The molecule has 136 valence electrons. The highest BCUT2D eigenvalue weighted by Crippen LogP contribution is 2.31. The lowest BCUT2D eigenvalue weighted by molar-refractivity contribution is 0.0950. The summed E-state index contributed by atoms with van der Waals surface area (Å²) in [5, 5.41) is 3.35. The zero-order valence-electron chi connectivity index (χ0n) is 13.9. The fourth-order valence-electron chi connectivity index (χ4n) is 2.52. The van der Waals surface area contributed by atoms with Crippen LogP contribution in [0.2, 0.25) is 0 Å². The number of nitrogens with one attached hydrogen (secondary N) is 1. The normalized spacial score (nSPS) is 12.5. The molecule has 0 aliphatic rings. The maximum Gasteiger partial charge on any atom is 0.255 e. The van der Waals surface area contributed by atoms with Crippen molar-refractivity contribution in [2.24, 2.45) is 0 Å². The predicted octanol–water partition coefficient (Wildman–Crippen LogP) is 3.29. The van der Waals surface area contributed by atoms with Gasteiger partial charge in [-0.25, -0.2) is 8.42 Å². The molecule has 0 aliphatic heterocycles. The Kier molecular flexibility index (Phi) is 5.43. The number of carbonyl (C=O) groups is 1. The zero-order chi connectivity index (χ0) is 18.6. The average molecular weight is 391 g/mol. The smallest absolute Gasteiger partial charge is 0.255 e. The topological polar surface area (TPSA) is 85.6 Å². The summed E-state index contributed by atoms with van der Waals surface area (Å²) < 4.78 is 36.6. The van der Waals surface area contributed by atoms with Crippen molar-refractivity contribution >= 4 is 27.1 Å². The van der Waals surface area contributed by atoms with Gasteiger partial charge in [0.05, 0.1) is 18.9 Å². The van der Waals surface area contributed by atoms with E-state index in [2.05, 4.69) is 5.32 Å². The van der Waals surface area contributed by atoms with Gasteiger partial charge in [-0.1, -0.05) is 18.2 Å². The Hall–Kier alpha value is -2.58. The second-order valence-corrected chi connectivity index (χ2v) is 8.70. The Balaban J connectivity index is 1.85. The van der Waals surface area contributed by atoms with Gasteiger partial charge in [-0.3, -0.25) is 4.79 Å². The summed E-state index contributed by atoms with van der Waals surface area (Å²) in [6.07, 6.45) is 1.41. The summed E-state index contributed by atoms with van der Waals surface area (Å²) in [5.74, 6) is 0.278. The van der Waals surface area contributed by atoms with Crippen LogP contribution in [0.3, 0.4) is 0 Å². The van der Waals surface area contributed by atoms with Crippen LogP contribution < -0.4 is 10.1 Å². The van der Waals surface area contributed by atoms with Crippen molar-refractivity contribution in [1.82, 2.24) is 5.32 Å². The van der Waals surface area contributed by atoms with Crippen LogP contribution in [0.25, 0.3) is 0 Å². The molecule has 2 aromatic heterocycles. The third-order valence-electron chi connectivity index (χ3n) is 3.81. The first-order valence-electron chi connectivity index (χ1n) is 7.76. The highest BCUT2D eigenvalue weighted by molar-refractivity contribution is 7.93. The summed E-state index contributed by atoms with van der Waals surface area (Å²) in [6, 6.07) is 13.2. The molecule has 3 rings (SSSR count). The highest BCUT2D eigenvalue weighted by Gasteiger charge is 2.32. The molecule has 6 nitrogen and oxygen atoms in total.